The molecule has 0 aliphatic carbocycles. The molecule has 0 aliphatic heterocycles. The maximum atomic E-state index is 13.0. The van der Waals surface area contributed by atoms with Crippen molar-refractivity contribution in [2.45, 2.75) is 0 Å². The minimum absolute atomic E-state index is 0.301. The largest absolute Gasteiger partial charge is 0.332 e. The van der Waals surface area contributed by atoms with Crippen LogP contribution in [-0.4, -0.2) is 5.11 Å². The van der Waals surface area contributed by atoms with Crippen LogP contribution in [0.1, 0.15) is 0 Å². The Balaban J connectivity index is 2.01. The van der Waals surface area contributed by atoms with Crippen LogP contribution in [0.5, 0.6) is 0 Å². The molecule has 0 atom stereocenters. The SMILES string of the molecule is Fc1cccc(NC(=S)Nc2cccc(Br)c2)c1. The molecule has 0 amide bonds. The van der Waals surface area contributed by atoms with Crippen LogP contribution in [-0.2, 0) is 0 Å². The van der Waals surface area contributed by atoms with Crippen molar-refractivity contribution in [1.29, 1.82) is 0 Å². The molecule has 92 valence electrons. The lowest BCUT2D eigenvalue weighted by molar-refractivity contribution is 0.628. The van der Waals surface area contributed by atoms with E-state index < -0.39 is 0 Å². The van der Waals surface area contributed by atoms with Crippen molar-refractivity contribution < 1.29 is 4.39 Å². The summed E-state index contributed by atoms with van der Waals surface area (Å²) in [5, 5.41) is 6.35. The summed E-state index contributed by atoms with van der Waals surface area (Å²) in [5.41, 5.74) is 1.47. The molecule has 0 radical (unpaired) electrons. The average Bonchev–Trinajstić information content (AvgIpc) is 2.28. The molecule has 2 nitrogen and oxygen atoms in total. The summed E-state index contributed by atoms with van der Waals surface area (Å²) < 4.78 is 13.9. The van der Waals surface area contributed by atoms with Gasteiger partial charge in [0.05, 0.1) is 0 Å². The van der Waals surface area contributed by atoms with E-state index >= 15 is 0 Å². The molecule has 0 bridgehead atoms. The molecule has 0 aliphatic rings. The Kier molecular flexibility index (Phi) is 4.28. The van der Waals surface area contributed by atoms with Crippen LogP contribution >= 0.6 is 28.1 Å². The number of rotatable bonds is 2. The van der Waals surface area contributed by atoms with Gasteiger partial charge in [-0.15, -0.1) is 0 Å². The molecule has 2 N–H and O–H groups in total. The summed E-state index contributed by atoms with van der Waals surface area (Å²) in [6.07, 6.45) is 0. The van der Waals surface area contributed by atoms with Gasteiger partial charge in [0.25, 0.3) is 0 Å². The summed E-state index contributed by atoms with van der Waals surface area (Å²) in [7, 11) is 0. The molecule has 0 aromatic heterocycles. The maximum absolute atomic E-state index is 13.0. The van der Waals surface area contributed by atoms with Gasteiger partial charge in [-0.3, -0.25) is 0 Å². The molecule has 0 fully saturated rings. The van der Waals surface area contributed by atoms with Gasteiger partial charge in [0.1, 0.15) is 5.82 Å². The molecule has 0 saturated heterocycles. The molecule has 18 heavy (non-hydrogen) atoms. The molecule has 2 aromatic carbocycles. The molecule has 0 saturated carbocycles. The number of hydrogen-bond donors (Lipinski definition) is 2. The molecule has 0 spiro atoms. The minimum atomic E-state index is -0.301. The van der Waals surface area contributed by atoms with Gasteiger partial charge in [-0.25, -0.2) is 4.39 Å². The standard InChI is InChI=1S/C13H10BrFN2S/c14-9-3-1-5-11(7-9)16-13(18)17-12-6-2-4-10(15)8-12/h1-8H,(H2,16,17,18). The zero-order valence-corrected chi connectivity index (χ0v) is 11.7. The second kappa shape index (κ2) is 5.93. The van der Waals surface area contributed by atoms with E-state index in [-0.39, 0.29) is 5.82 Å². The predicted molar refractivity (Wildman–Crippen MR) is 80.4 cm³/mol. The number of benzene rings is 2. The first-order chi connectivity index (χ1) is 8.63. The van der Waals surface area contributed by atoms with E-state index in [1.54, 1.807) is 12.1 Å². The molecule has 2 rings (SSSR count). The molecule has 0 unspecified atom stereocenters. The second-order valence-corrected chi connectivity index (χ2v) is 4.92. The Hall–Kier alpha value is -1.46. The maximum Gasteiger partial charge on any atom is 0.175 e. The van der Waals surface area contributed by atoms with Crippen molar-refractivity contribution >= 4 is 44.6 Å². The molecular weight excluding hydrogens is 315 g/mol. The fourth-order valence-electron chi connectivity index (χ4n) is 1.43. The fourth-order valence-corrected chi connectivity index (χ4v) is 2.06. The normalized spacial score (nSPS) is 9.89. The summed E-state index contributed by atoms with van der Waals surface area (Å²) in [5.74, 6) is -0.301. The lowest BCUT2D eigenvalue weighted by atomic mass is 10.3. The molecule has 5 heteroatoms. The summed E-state index contributed by atoms with van der Waals surface area (Å²) >= 11 is 8.52. The Morgan fingerprint density at radius 2 is 1.61 bits per heavy atom. The van der Waals surface area contributed by atoms with E-state index in [0.717, 1.165) is 10.2 Å². The minimum Gasteiger partial charge on any atom is -0.332 e. The molecule has 0 heterocycles. The number of anilines is 2. The van der Waals surface area contributed by atoms with Crippen LogP contribution in [0.2, 0.25) is 0 Å². The second-order valence-electron chi connectivity index (χ2n) is 3.60. The van der Waals surface area contributed by atoms with Gasteiger partial charge in [-0.1, -0.05) is 28.1 Å². The summed E-state index contributed by atoms with van der Waals surface area (Å²) in [6, 6.07) is 13.8. The van der Waals surface area contributed by atoms with Gasteiger partial charge in [0, 0.05) is 15.8 Å². The third-order valence-electron chi connectivity index (χ3n) is 2.16. The zero-order valence-electron chi connectivity index (χ0n) is 9.28. The first-order valence-electron chi connectivity index (χ1n) is 5.22. The highest BCUT2D eigenvalue weighted by Gasteiger charge is 2.00. The smallest absolute Gasteiger partial charge is 0.175 e. The van der Waals surface area contributed by atoms with E-state index in [4.69, 9.17) is 12.2 Å². The van der Waals surface area contributed by atoms with Gasteiger partial charge >= 0.3 is 0 Å². The van der Waals surface area contributed by atoms with Crippen molar-refractivity contribution in [3.8, 4) is 0 Å². The first kappa shape index (κ1) is 13.0. The lowest BCUT2D eigenvalue weighted by Gasteiger charge is -2.10. The van der Waals surface area contributed by atoms with E-state index in [9.17, 15) is 4.39 Å². The zero-order chi connectivity index (χ0) is 13.0. The van der Waals surface area contributed by atoms with Gasteiger partial charge in [-0.2, -0.15) is 0 Å². The Labute approximate surface area is 118 Å². The highest BCUT2D eigenvalue weighted by atomic mass is 79.9. The summed E-state index contributed by atoms with van der Waals surface area (Å²) in [4.78, 5) is 0. The van der Waals surface area contributed by atoms with Crippen LogP contribution in [0.15, 0.2) is 53.0 Å². The fraction of sp³-hybridized carbons (Fsp3) is 0. The van der Waals surface area contributed by atoms with Crippen molar-refractivity contribution in [1.82, 2.24) is 0 Å². The van der Waals surface area contributed by atoms with Crippen molar-refractivity contribution in [3.05, 3.63) is 58.8 Å². The third kappa shape index (κ3) is 3.78. The van der Waals surface area contributed by atoms with Crippen LogP contribution in [0.4, 0.5) is 15.8 Å². The third-order valence-corrected chi connectivity index (χ3v) is 2.86. The van der Waals surface area contributed by atoms with Crippen LogP contribution in [0, 0.1) is 5.82 Å². The molecule has 2 aromatic rings. The van der Waals surface area contributed by atoms with E-state index in [0.29, 0.717) is 10.8 Å². The van der Waals surface area contributed by atoms with Crippen molar-refractivity contribution in [2.24, 2.45) is 0 Å². The van der Waals surface area contributed by atoms with Gasteiger partial charge in [0.2, 0.25) is 0 Å². The van der Waals surface area contributed by atoms with Crippen LogP contribution < -0.4 is 10.6 Å². The van der Waals surface area contributed by atoms with Crippen LogP contribution in [0.25, 0.3) is 0 Å². The van der Waals surface area contributed by atoms with Crippen molar-refractivity contribution in [2.75, 3.05) is 10.6 Å². The molecular formula is C13H10BrFN2S. The van der Waals surface area contributed by atoms with Crippen LogP contribution in [0.3, 0.4) is 0 Å². The van der Waals surface area contributed by atoms with E-state index in [2.05, 4.69) is 26.6 Å². The van der Waals surface area contributed by atoms with Crippen molar-refractivity contribution in [3.63, 3.8) is 0 Å². The highest BCUT2D eigenvalue weighted by molar-refractivity contribution is 9.10. The van der Waals surface area contributed by atoms with E-state index in [1.807, 2.05) is 24.3 Å². The monoisotopic (exact) mass is 324 g/mol. The van der Waals surface area contributed by atoms with Gasteiger partial charge in [-0.05, 0) is 48.6 Å². The Bertz CT molecular complexity index is 525. The Morgan fingerprint density at radius 3 is 2.22 bits per heavy atom. The topological polar surface area (TPSA) is 24.1 Å². The quantitative estimate of drug-likeness (QED) is 0.801. The average molecular weight is 325 g/mol. The predicted octanol–water partition coefficient (Wildman–Crippen LogP) is 4.40. The van der Waals surface area contributed by atoms with E-state index in [1.165, 1.54) is 12.1 Å². The Morgan fingerprint density at radius 1 is 1.00 bits per heavy atom. The number of halogens is 2. The first-order valence-corrected chi connectivity index (χ1v) is 6.43. The number of thiocarbonyl (C=S) groups is 1. The highest BCUT2D eigenvalue weighted by Crippen LogP contribution is 2.16. The van der Waals surface area contributed by atoms with Gasteiger partial charge < -0.3 is 10.6 Å². The number of nitrogens with one attached hydrogen (secondary N) is 2. The lowest BCUT2D eigenvalue weighted by Crippen LogP contribution is -2.19. The van der Waals surface area contributed by atoms with Gasteiger partial charge in [0.15, 0.2) is 5.11 Å². The number of hydrogen-bond acceptors (Lipinski definition) is 1. The summed E-state index contributed by atoms with van der Waals surface area (Å²) in [6.45, 7) is 0.